The third kappa shape index (κ3) is 5.73. The Kier molecular flexibility index (Phi) is 7.61. The van der Waals surface area contributed by atoms with E-state index in [0.717, 1.165) is 24.6 Å². The van der Waals surface area contributed by atoms with Gasteiger partial charge in [0, 0.05) is 11.4 Å². The van der Waals surface area contributed by atoms with Crippen LogP contribution in [0.4, 0.5) is 10.2 Å². The van der Waals surface area contributed by atoms with Gasteiger partial charge < -0.3 is 15.8 Å². The molecule has 1 aliphatic rings. The second kappa shape index (κ2) is 10.6. The fourth-order valence-electron chi connectivity index (χ4n) is 3.36. The molecule has 1 aromatic carbocycles. The quantitative estimate of drug-likeness (QED) is 0.428. The molecule has 168 valence electrons. The summed E-state index contributed by atoms with van der Waals surface area (Å²) in [5.74, 6) is -1.07. The maximum absolute atomic E-state index is 12.8. The number of carbonyl (C=O) groups excluding carboxylic acids is 3. The monoisotopic (exact) mass is 440 g/mol. The number of hydrogen-bond donors (Lipinski definition) is 2. The molecule has 3 aromatic rings. The standard InChI is InChI=1S/C12H16FN3O.C10H9N3O2/c1-16(9-4-2-5-9)8-12(17)15-11-7-3-6-10(13)14-11;11-10(15)9-7-3-1-2-4-8(7)13(12-9)5-6-14/h3,6-7,9H,2,4-5,8H2,1H3,(H,14,15,17);1-4,6H,5H2,(H2,11,15). The van der Waals surface area contributed by atoms with Crippen LogP contribution < -0.4 is 11.1 Å². The SMILES string of the molecule is CN(CC(=O)Nc1cccc(F)n1)C1CCC1.NC(=O)c1nn(CC=O)c2ccccc12. The molecule has 4 rings (SSSR count). The maximum Gasteiger partial charge on any atom is 0.269 e. The number of nitrogens with two attached hydrogens (primary N) is 1. The Morgan fingerprint density at radius 3 is 2.62 bits per heavy atom. The first-order valence-electron chi connectivity index (χ1n) is 10.2. The highest BCUT2D eigenvalue weighted by Gasteiger charge is 2.23. The number of rotatable bonds is 7. The fourth-order valence-corrected chi connectivity index (χ4v) is 3.36. The number of likely N-dealkylation sites (N-methyl/N-ethyl adjacent to an activating group) is 1. The molecule has 0 radical (unpaired) electrons. The number of amides is 2. The van der Waals surface area contributed by atoms with Gasteiger partial charge in [-0.1, -0.05) is 30.7 Å². The van der Waals surface area contributed by atoms with Crippen LogP contribution in [0.1, 0.15) is 29.8 Å². The first-order chi connectivity index (χ1) is 15.4. The summed E-state index contributed by atoms with van der Waals surface area (Å²) in [6, 6.07) is 12.0. The Labute approximate surface area is 184 Å². The minimum absolute atomic E-state index is 0.119. The second-order valence-corrected chi connectivity index (χ2v) is 7.47. The van der Waals surface area contributed by atoms with Crippen molar-refractivity contribution in [1.29, 1.82) is 0 Å². The lowest BCUT2D eigenvalue weighted by molar-refractivity contribution is -0.117. The number of hydrogen-bond acceptors (Lipinski definition) is 6. The predicted molar refractivity (Wildman–Crippen MR) is 117 cm³/mol. The Bertz CT molecular complexity index is 1110. The van der Waals surface area contributed by atoms with Crippen molar-refractivity contribution in [2.75, 3.05) is 18.9 Å². The molecular formula is C22H25FN6O3. The van der Waals surface area contributed by atoms with Gasteiger partial charge in [-0.15, -0.1) is 0 Å². The molecular weight excluding hydrogens is 415 g/mol. The molecule has 2 heterocycles. The molecule has 2 aromatic heterocycles. The second-order valence-electron chi connectivity index (χ2n) is 7.47. The molecule has 0 bridgehead atoms. The zero-order chi connectivity index (χ0) is 23.1. The number of aromatic nitrogens is 3. The summed E-state index contributed by atoms with van der Waals surface area (Å²) < 4.78 is 14.3. The first-order valence-corrected chi connectivity index (χ1v) is 10.2. The van der Waals surface area contributed by atoms with E-state index in [1.807, 2.05) is 18.0 Å². The van der Waals surface area contributed by atoms with Gasteiger partial charge in [-0.2, -0.15) is 9.49 Å². The van der Waals surface area contributed by atoms with Gasteiger partial charge in [0.1, 0.15) is 12.1 Å². The van der Waals surface area contributed by atoms with Gasteiger partial charge in [-0.05, 0) is 38.1 Å². The number of pyridine rings is 1. The van der Waals surface area contributed by atoms with Crippen molar-refractivity contribution in [3.63, 3.8) is 0 Å². The number of nitrogens with zero attached hydrogens (tertiary/aromatic N) is 4. The summed E-state index contributed by atoms with van der Waals surface area (Å²) in [7, 11) is 1.93. The molecule has 1 fully saturated rings. The normalized spacial score (nSPS) is 13.2. The highest BCUT2D eigenvalue weighted by Crippen LogP contribution is 2.23. The minimum atomic E-state index is -0.588. The number of fused-ring (bicyclic) bond motifs is 1. The van der Waals surface area contributed by atoms with Crippen LogP contribution in [0, 0.1) is 5.95 Å². The highest BCUT2D eigenvalue weighted by atomic mass is 19.1. The van der Waals surface area contributed by atoms with Crippen LogP contribution in [0.3, 0.4) is 0 Å². The van der Waals surface area contributed by atoms with Crippen molar-refractivity contribution in [1.82, 2.24) is 19.7 Å². The third-order valence-electron chi connectivity index (χ3n) is 5.21. The van der Waals surface area contributed by atoms with E-state index >= 15 is 0 Å². The zero-order valence-electron chi connectivity index (χ0n) is 17.7. The lowest BCUT2D eigenvalue weighted by Crippen LogP contribution is -2.41. The van der Waals surface area contributed by atoms with Gasteiger partial charge in [0.2, 0.25) is 11.9 Å². The van der Waals surface area contributed by atoms with Crippen molar-refractivity contribution in [3.05, 3.63) is 54.1 Å². The molecule has 32 heavy (non-hydrogen) atoms. The van der Waals surface area contributed by atoms with Crippen LogP contribution in [0.15, 0.2) is 42.5 Å². The molecule has 10 heteroatoms. The number of para-hydroxylation sites is 1. The summed E-state index contributed by atoms with van der Waals surface area (Å²) >= 11 is 0. The van der Waals surface area contributed by atoms with E-state index < -0.39 is 11.9 Å². The summed E-state index contributed by atoms with van der Waals surface area (Å²) in [6.07, 6.45) is 4.27. The molecule has 1 saturated carbocycles. The lowest BCUT2D eigenvalue weighted by atomic mass is 9.92. The van der Waals surface area contributed by atoms with E-state index in [1.165, 1.54) is 23.2 Å². The Morgan fingerprint density at radius 2 is 2.00 bits per heavy atom. The van der Waals surface area contributed by atoms with Gasteiger partial charge in [-0.3, -0.25) is 19.2 Å². The van der Waals surface area contributed by atoms with Gasteiger partial charge in [-0.25, -0.2) is 4.98 Å². The predicted octanol–water partition coefficient (Wildman–Crippen LogP) is 1.98. The van der Waals surface area contributed by atoms with E-state index in [1.54, 1.807) is 24.3 Å². The van der Waals surface area contributed by atoms with Crippen molar-refractivity contribution < 1.29 is 18.8 Å². The number of nitrogens with one attached hydrogen (secondary N) is 1. The van der Waals surface area contributed by atoms with E-state index in [2.05, 4.69) is 15.4 Å². The van der Waals surface area contributed by atoms with Crippen LogP contribution in [-0.4, -0.2) is 57.4 Å². The van der Waals surface area contributed by atoms with Gasteiger partial charge in [0.15, 0.2) is 5.69 Å². The van der Waals surface area contributed by atoms with Crippen molar-refractivity contribution >= 4 is 34.8 Å². The van der Waals surface area contributed by atoms with E-state index in [-0.39, 0.29) is 24.0 Å². The molecule has 0 unspecified atom stereocenters. The molecule has 1 aliphatic carbocycles. The number of benzene rings is 1. The zero-order valence-corrected chi connectivity index (χ0v) is 17.7. The van der Waals surface area contributed by atoms with Crippen molar-refractivity contribution in [2.45, 2.75) is 31.8 Å². The third-order valence-corrected chi connectivity index (χ3v) is 5.21. The molecule has 0 atom stereocenters. The van der Waals surface area contributed by atoms with E-state index in [0.29, 0.717) is 18.0 Å². The molecule has 0 saturated heterocycles. The van der Waals surface area contributed by atoms with Crippen LogP contribution in [0.2, 0.25) is 0 Å². The minimum Gasteiger partial charge on any atom is -0.364 e. The molecule has 9 nitrogen and oxygen atoms in total. The number of halogens is 1. The molecule has 3 N–H and O–H groups in total. The van der Waals surface area contributed by atoms with Gasteiger partial charge >= 0.3 is 0 Å². The fraction of sp³-hybridized carbons (Fsp3) is 0.318. The summed E-state index contributed by atoms with van der Waals surface area (Å²) in [5, 5.41) is 7.25. The Balaban J connectivity index is 0.000000182. The summed E-state index contributed by atoms with van der Waals surface area (Å²) in [4.78, 5) is 38.8. The largest absolute Gasteiger partial charge is 0.364 e. The molecule has 0 aliphatic heterocycles. The average Bonchev–Trinajstić information content (AvgIpc) is 3.06. The maximum atomic E-state index is 12.8. The molecule has 2 amide bonds. The number of aldehydes is 1. The molecule has 0 spiro atoms. The number of anilines is 1. The van der Waals surface area contributed by atoms with Gasteiger partial charge in [0.05, 0.1) is 18.6 Å². The average molecular weight is 440 g/mol. The number of carbonyl (C=O) groups is 3. The van der Waals surface area contributed by atoms with Crippen LogP contribution in [0.25, 0.3) is 10.9 Å². The summed E-state index contributed by atoms with van der Waals surface area (Å²) in [6.45, 7) is 0.441. The highest BCUT2D eigenvalue weighted by molar-refractivity contribution is 6.04. The lowest BCUT2D eigenvalue weighted by Gasteiger charge is -2.34. The topological polar surface area (TPSA) is 123 Å². The van der Waals surface area contributed by atoms with Crippen LogP contribution >= 0.6 is 0 Å². The van der Waals surface area contributed by atoms with Crippen LogP contribution in [-0.2, 0) is 16.1 Å². The first kappa shape index (κ1) is 23.0. The Morgan fingerprint density at radius 1 is 1.25 bits per heavy atom. The number of primary amides is 1. The van der Waals surface area contributed by atoms with E-state index in [4.69, 9.17) is 5.73 Å². The van der Waals surface area contributed by atoms with Crippen molar-refractivity contribution in [2.24, 2.45) is 5.73 Å². The van der Waals surface area contributed by atoms with Gasteiger partial charge in [0.25, 0.3) is 5.91 Å². The van der Waals surface area contributed by atoms with E-state index in [9.17, 15) is 18.8 Å². The van der Waals surface area contributed by atoms with Crippen LogP contribution in [0.5, 0.6) is 0 Å². The van der Waals surface area contributed by atoms with Crippen molar-refractivity contribution in [3.8, 4) is 0 Å². The smallest absolute Gasteiger partial charge is 0.269 e. The Hall–Kier alpha value is -3.66. The summed E-state index contributed by atoms with van der Waals surface area (Å²) in [5.41, 5.74) is 6.12.